The summed E-state index contributed by atoms with van der Waals surface area (Å²) in [6, 6.07) is 0. The molecule has 0 heterocycles. The fraction of sp³-hybridized carbons (Fsp3) is 0.734. The fourth-order valence-electron chi connectivity index (χ4n) is 8.18. The van der Waals surface area contributed by atoms with Crippen LogP contribution >= 0.6 is 7.82 Å². The Morgan fingerprint density at radius 2 is 0.684 bits per heavy atom. The van der Waals surface area contributed by atoms with E-state index in [2.05, 4.69) is 106 Å². The van der Waals surface area contributed by atoms with Gasteiger partial charge in [-0.3, -0.25) is 23.4 Å². The molecule has 3 atom stereocenters. The lowest BCUT2D eigenvalue weighted by Crippen LogP contribution is -2.30. The minimum absolute atomic E-state index is 0.153. The van der Waals surface area contributed by atoms with Crippen molar-refractivity contribution in [1.29, 1.82) is 0 Å². The molecule has 438 valence electrons. The third-order valence-corrected chi connectivity index (χ3v) is 13.8. The quantitative estimate of drug-likeness (QED) is 0.0197. The predicted octanol–water partition coefficient (Wildman–Crippen LogP) is 18.3. The van der Waals surface area contributed by atoms with Gasteiger partial charge in [-0.05, 0) is 96.3 Å². The standard InChI is InChI=1S/C64H111O11P/c1-4-7-10-13-16-19-22-24-26-28-30-32-34-36-39-41-44-47-50-53-62(66)71-57-61(75-64(68)55-52-49-46-43-40-37-35-33-31-29-27-25-23-20-17-14-11-8-5-2)59-73-76(69,70)72-58-60(56-65)74-63(67)54-51-48-45-42-38-21-18-15-12-9-6-3/h7,10,16-17,19-20,24-27,30,32,36,39,60-61,65H,4-6,8-9,11-15,18,21-23,28-29,31,33-35,37-38,40-59H2,1-3H3,(H,69,70)/b10-7-,19-16-,20-17-,26-24-,27-25-,32-30-,39-36-. The lowest BCUT2D eigenvalue weighted by atomic mass is 10.1. The second kappa shape index (κ2) is 57.8. The van der Waals surface area contributed by atoms with E-state index < -0.39 is 57.8 Å². The molecule has 0 rings (SSSR count). The Balaban J connectivity index is 4.77. The van der Waals surface area contributed by atoms with Crippen LogP contribution in [0.25, 0.3) is 0 Å². The summed E-state index contributed by atoms with van der Waals surface area (Å²) < 4.78 is 39.5. The van der Waals surface area contributed by atoms with Crippen molar-refractivity contribution in [2.75, 3.05) is 26.4 Å². The first-order valence-electron chi connectivity index (χ1n) is 30.5. The molecule has 3 unspecified atom stereocenters. The number of hydrogen-bond acceptors (Lipinski definition) is 10. The molecule has 0 fully saturated rings. The number of rotatable bonds is 56. The van der Waals surface area contributed by atoms with Crippen LogP contribution in [0.15, 0.2) is 85.1 Å². The molecule has 0 aromatic rings. The first-order valence-corrected chi connectivity index (χ1v) is 32.0. The van der Waals surface area contributed by atoms with E-state index in [0.717, 1.165) is 103 Å². The van der Waals surface area contributed by atoms with Crippen molar-refractivity contribution in [3.63, 3.8) is 0 Å². The number of ether oxygens (including phenoxy) is 3. The molecule has 0 amide bonds. The van der Waals surface area contributed by atoms with E-state index in [1.165, 1.54) is 103 Å². The molecular weight excluding hydrogens is 976 g/mol. The van der Waals surface area contributed by atoms with Gasteiger partial charge in [0.05, 0.1) is 19.8 Å². The van der Waals surface area contributed by atoms with Gasteiger partial charge in [-0.25, -0.2) is 4.57 Å². The summed E-state index contributed by atoms with van der Waals surface area (Å²) in [6.07, 6.45) is 66.8. The van der Waals surface area contributed by atoms with Crippen LogP contribution in [-0.2, 0) is 42.2 Å². The van der Waals surface area contributed by atoms with Gasteiger partial charge in [0.15, 0.2) is 6.10 Å². The van der Waals surface area contributed by atoms with Crippen LogP contribution in [0.1, 0.15) is 265 Å². The third kappa shape index (κ3) is 55.4. The zero-order valence-electron chi connectivity index (χ0n) is 48.5. The molecular formula is C64H111O11P. The highest BCUT2D eigenvalue weighted by Crippen LogP contribution is 2.43. The summed E-state index contributed by atoms with van der Waals surface area (Å²) >= 11 is 0. The van der Waals surface area contributed by atoms with Crippen LogP contribution in [0.2, 0.25) is 0 Å². The number of unbranched alkanes of at least 4 members (excludes halogenated alkanes) is 25. The van der Waals surface area contributed by atoms with Crippen molar-refractivity contribution >= 4 is 25.7 Å². The van der Waals surface area contributed by atoms with Gasteiger partial charge in [0.1, 0.15) is 12.7 Å². The van der Waals surface area contributed by atoms with E-state index >= 15 is 0 Å². The number of phosphoric ester groups is 1. The Morgan fingerprint density at radius 1 is 0.382 bits per heavy atom. The maximum absolute atomic E-state index is 12.9. The highest BCUT2D eigenvalue weighted by Gasteiger charge is 2.28. The number of carbonyl (C=O) groups is 3. The molecule has 0 aliphatic heterocycles. The second-order valence-corrected chi connectivity index (χ2v) is 21.6. The first kappa shape index (κ1) is 72.7. The molecule has 76 heavy (non-hydrogen) atoms. The Morgan fingerprint density at radius 3 is 1.09 bits per heavy atom. The van der Waals surface area contributed by atoms with Gasteiger partial charge in [0, 0.05) is 19.3 Å². The van der Waals surface area contributed by atoms with Gasteiger partial charge >= 0.3 is 25.7 Å². The number of phosphoric acid groups is 1. The molecule has 0 aliphatic carbocycles. The number of aliphatic hydroxyl groups is 1. The molecule has 12 heteroatoms. The summed E-state index contributed by atoms with van der Waals surface area (Å²) in [6.45, 7) is 4.47. The molecule has 0 aromatic carbocycles. The predicted molar refractivity (Wildman–Crippen MR) is 316 cm³/mol. The summed E-state index contributed by atoms with van der Waals surface area (Å²) in [5.74, 6) is -1.50. The van der Waals surface area contributed by atoms with Crippen LogP contribution in [-0.4, -0.2) is 66.5 Å². The van der Waals surface area contributed by atoms with E-state index in [9.17, 15) is 28.9 Å². The molecule has 0 saturated heterocycles. The zero-order chi connectivity index (χ0) is 55.5. The van der Waals surface area contributed by atoms with Crippen LogP contribution in [0.3, 0.4) is 0 Å². The molecule has 0 radical (unpaired) electrons. The Kier molecular flexibility index (Phi) is 55.3. The van der Waals surface area contributed by atoms with Crippen molar-refractivity contribution in [3.05, 3.63) is 85.1 Å². The van der Waals surface area contributed by atoms with Gasteiger partial charge in [0.25, 0.3) is 0 Å². The van der Waals surface area contributed by atoms with Crippen molar-refractivity contribution in [2.45, 2.75) is 277 Å². The van der Waals surface area contributed by atoms with Crippen LogP contribution in [0.4, 0.5) is 0 Å². The minimum atomic E-state index is -4.76. The molecule has 2 N–H and O–H groups in total. The molecule has 0 aromatic heterocycles. The first-order chi connectivity index (χ1) is 37.2. The van der Waals surface area contributed by atoms with E-state index in [1.54, 1.807) is 0 Å². The van der Waals surface area contributed by atoms with Crippen LogP contribution in [0, 0.1) is 0 Å². The lowest BCUT2D eigenvalue weighted by molar-refractivity contribution is -0.161. The van der Waals surface area contributed by atoms with Gasteiger partial charge in [-0.15, -0.1) is 0 Å². The highest BCUT2D eigenvalue weighted by atomic mass is 31.2. The monoisotopic (exact) mass is 1090 g/mol. The van der Waals surface area contributed by atoms with E-state index in [-0.39, 0.29) is 25.9 Å². The number of aliphatic hydroxyl groups excluding tert-OH is 1. The minimum Gasteiger partial charge on any atom is -0.462 e. The number of hydrogen-bond donors (Lipinski definition) is 2. The average Bonchev–Trinajstić information content (AvgIpc) is 3.41. The number of allylic oxidation sites excluding steroid dienone is 14. The molecule has 0 spiro atoms. The van der Waals surface area contributed by atoms with E-state index in [4.69, 9.17) is 23.3 Å². The van der Waals surface area contributed by atoms with Gasteiger partial charge < -0.3 is 24.2 Å². The second-order valence-electron chi connectivity index (χ2n) is 20.1. The summed E-state index contributed by atoms with van der Waals surface area (Å²) in [5.41, 5.74) is 0. The topological polar surface area (TPSA) is 155 Å². The van der Waals surface area contributed by atoms with Crippen molar-refractivity contribution < 1.29 is 52.2 Å². The maximum Gasteiger partial charge on any atom is 0.472 e. The lowest BCUT2D eigenvalue weighted by Gasteiger charge is -2.21. The summed E-state index contributed by atoms with van der Waals surface area (Å²) in [4.78, 5) is 48.6. The smallest absolute Gasteiger partial charge is 0.462 e. The van der Waals surface area contributed by atoms with E-state index in [0.29, 0.717) is 19.3 Å². The van der Waals surface area contributed by atoms with Gasteiger partial charge in [-0.1, -0.05) is 234 Å². The van der Waals surface area contributed by atoms with Crippen LogP contribution in [0.5, 0.6) is 0 Å². The Bertz CT molecular complexity index is 1600. The average molecular weight is 1090 g/mol. The van der Waals surface area contributed by atoms with Crippen molar-refractivity contribution in [3.8, 4) is 0 Å². The summed E-state index contributed by atoms with van der Waals surface area (Å²) in [7, 11) is -4.76. The number of carbonyl (C=O) groups excluding carboxylic acids is 3. The van der Waals surface area contributed by atoms with Crippen LogP contribution < -0.4 is 0 Å². The maximum atomic E-state index is 12.9. The van der Waals surface area contributed by atoms with Crippen molar-refractivity contribution in [1.82, 2.24) is 0 Å². The SMILES string of the molecule is CC/C=C\C/C=C\C/C=C\C/C=C\C/C=C\CCCCCC(=O)OCC(COP(=O)(O)OCC(CO)OC(=O)CCCCCCCCCCCCC)OC(=O)CCCCCCCCCCC/C=C\C/C=C\CCCCC. The largest absolute Gasteiger partial charge is 0.472 e. The van der Waals surface area contributed by atoms with Gasteiger partial charge in [0.2, 0.25) is 0 Å². The third-order valence-electron chi connectivity index (χ3n) is 12.8. The normalized spacial score (nSPS) is 13.9. The highest BCUT2D eigenvalue weighted by molar-refractivity contribution is 7.47. The Labute approximate surface area is 464 Å². The summed E-state index contributed by atoms with van der Waals surface area (Å²) in [5, 5.41) is 9.81. The Hall–Kier alpha value is -3.34. The van der Waals surface area contributed by atoms with Crippen molar-refractivity contribution in [2.24, 2.45) is 0 Å². The number of esters is 3. The molecule has 0 bridgehead atoms. The van der Waals surface area contributed by atoms with E-state index in [1.807, 2.05) is 0 Å². The zero-order valence-corrected chi connectivity index (χ0v) is 49.3. The fourth-order valence-corrected chi connectivity index (χ4v) is 8.96. The molecule has 0 saturated carbocycles. The molecule has 11 nitrogen and oxygen atoms in total. The van der Waals surface area contributed by atoms with Gasteiger partial charge in [-0.2, -0.15) is 0 Å². The molecule has 0 aliphatic rings.